The largest absolute Gasteiger partial charge is 0.366 e. The van der Waals surface area contributed by atoms with Crippen molar-refractivity contribution in [1.29, 1.82) is 0 Å². The van der Waals surface area contributed by atoms with E-state index < -0.39 is 0 Å². The Balaban J connectivity index is 1.93. The number of anilines is 1. The van der Waals surface area contributed by atoms with Gasteiger partial charge in [-0.05, 0) is 19.1 Å². The first-order chi connectivity index (χ1) is 9.08. The number of carbonyl (C=O) groups is 1. The van der Waals surface area contributed by atoms with Gasteiger partial charge in [0, 0.05) is 38.6 Å². The standard InChI is InChI=1S/C14H20FN3O/c1-11(16)10-14(19)18-8-6-17(7-9-18)13-5-3-2-4-12(13)15/h2-5,11H,6-10,16H2,1H3. The van der Waals surface area contributed by atoms with Gasteiger partial charge in [0.15, 0.2) is 0 Å². The Morgan fingerprint density at radius 1 is 1.32 bits per heavy atom. The van der Waals surface area contributed by atoms with E-state index in [9.17, 15) is 9.18 Å². The molecule has 1 atom stereocenters. The van der Waals surface area contributed by atoms with Gasteiger partial charge in [0.05, 0.1) is 5.69 Å². The molecule has 1 aromatic rings. The maximum absolute atomic E-state index is 13.7. The van der Waals surface area contributed by atoms with Crippen LogP contribution in [-0.2, 0) is 4.79 Å². The van der Waals surface area contributed by atoms with Crippen LogP contribution in [0.2, 0.25) is 0 Å². The van der Waals surface area contributed by atoms with E-state index in [2.05, 4.69) is 0 Å². The lowest BCUT2D eigenvalue weighted by atomic mass is 10.2. The van der Waals surface area contributed by atoms with Crippen molar-refractivity contribution in [3.63, 3.8) is 0 Å². The number of nitrogens with zero attached hydrogens (tertiary/aromatic N) is 2. The number of carbonyl (C=O) groups excluding carboxylic acids is 1. The van der Waals surface area contributed by atoms with Crippen LogP contribution in [-0.4, -0.2) is 43.0 Å². The molecule has 0 aliphatic carbocycles. The number of halogens is 1. The molecule has 104 valence electrons. The maximum Gasteiger partial charge on any atom is 0.224 e. The normalized spacial score (nSPS) is 17.4. The van der Waals surface area contributed by atoms with E-state index in [1.165, 1.54) is 6.07 Å². The van der Waals surface area contributed by atoms with Crippen molar-refractivity contribution in [2.75, 3.05) is 31.1 Å². The Labute approximate surface area is 113 Å². The quantitative estimate of drug-likeness (QED) is 0.893. The third kappa shape index (κ3) is 3.44. The monoisotopic (exact) mass is 265 g/mol. The van der Waals surface area contributed by atoms with E-state index in [0.717, 1.165) is 0 Å². The van der Waals surface area contributed by atoms with E-state index in [1.807, 2.05) is 17.9 Å². The number of rotatable bonds is 3. The van der Waals surface area contributed by atoms with Gasteiger partial charge in [0.25, 0.3) is 0 Å². The molecule has 1 amide bonds. The minimum Gasteiger partial charge on any atom is -0.366 e. The second-order valence-electron chi connectivity index (χ2n) is 5.00. The summed E-state index contributed by atoms with van der Waals surface area (Å²) in [6.45, 7) is 4.39. The third-order valence-electron chi connectivity index (χ3n) is 3.32. The molecule has 0 radical (unpaired) electrons. The van der Waals surface area contributed by atoms with E-state index in [4.69, 9.17) is 5.73 Å². The molecule has 0 spiro atoms. The summed E-state index contributed by atoms with van der Waals surface area (Å²) in [4.78, 5) is 15.7. The highest BCUT2D eigenvalue weighted by Crippen LogP contribution is 2.20. The van der Waals surface area contributed by atoms with Crippen molar-refractivity contribution in [1.82, 2.24) is 4.90 Å². The van der Waals surface area contributed by atoms with Crippen LogP contribution in [0.1, 0.15) is 13.3 Å². The molecule has 0 aromatic heterocycles. The summed E-state index contributed by atoms with van der Waals surface area (Å²) in [7, 11) is 0. The molecule has 2 N–H and O–H groups in total. The van der Waals surface area contributed by atoms with Gasteiger partial charge in [0.1, 0.15) is 5.82 Å². The summed E-state index contributed by atoms with van der Waals surface area (Å²) in [6, 6.07) is 6.63. The molecule has 1 unspecified atom stereocenters. The first kappa shape index (κ1) is 13.8. The summed E-state index contributed by atoms with van der Waals surface area (Å²) in [5.74, 6) is -0.124. The van der Waals surface area contributed by atoms with Crippen LogP contribution in [0.4, 0.5) is 10.1 Å². The fourth-order valence-electron chi connectivity index (χ4n) is 2.31. The molecule has 1 heterocycles. The highest BCUT2D eigenvalue weighted by molar-refractivity contribution is 5.77. The van der Waals surface area contributed by atoms with Gasteiger partial charge in [-0.1, -0.05) is 12.1 Å². The van der Waals surface area contributed by atoms with Gasteiger partial charge in [-0.3, -0.25) is 4.79 Å². The molecule has 1 saturated heterocycles. The average Bonchev–Trinajstić information content (AvgIpc) is 2.39. The summed E-state index contributed by atoms with van der Waals surface area (Å²) in [6.07, 6.45) is 0.375. The molecule has 0 bridgehead atoms. The lowest BCUT2D eigenvalue weighted by Gasteiger charge is -2.36. The van der Waals surface area contributed by atoms with E-state index in [1.54, 1.807) is 17.0 Å². The molecule has 2 rings (SSSR count). The van der Waals surface area contributed by atoms with Gasteiger partial charge in [0.2, 0.25) is 5.91 Å². The van der Waals surface area contributed by atoms with Crippen LogP contribution in [0.3, 0.4) is 0 Å². The van der Waals surface area contributed by atoms with Crippen LogP contribution in [0.15, 0.2) is 24.3 Å². The topological polar surface area (TPSA) is 49.6 Å². The second-order valence-corrected chi connectivity index (χ2v) is 5.00. The van der Waals surface area contributed by atoms with Crippen molar-refractivity contribution < 1.29 is 9.18 Å². The van der Waals surface area contributed by atoms with Crippen molar-refractivity contribution in [2.24, 2.45) is 5.73 Å². The van der Waals surface area contributed by atoms with Crippen LogP contribution in [0.25, 0.3) is 0 Å². The molecule has 0 saturated carbocycles. The average molecular weight is 265 g/mol. The van der Waals surface area contributed by atoms with Gasteiger partial charge < -0.3 is 15.5 Å². The Morgan fingerprint density at radius 2 is 1.95 bits per heavy atom. The molecule has 4 nitrogen and oxygen atoms in total. The number of amides is 1. The van der Waals surface area contributed by atoms with Gasteiger partial charge in [-0.15, -0.1) is 0 Å². The fraction of sp³-hybridized carbons (Fsp3) is 0.500. The Morgan fingerprint density at radius 3 is 2.53 bits per heavy atom. The van der Waals surface area contributed by atoms with Crippen molar-refractivity contribution >= 4 is 11.6 Å². The lowest BCUT2D eigenvalue weighted by molar-refractivity contribution is -0.131. The zero-order valence-corrected chi connectivity index (χ0v) is 11.2. The molecule has 1 fully saturated rings. The molecule has 19 heavy (non-hydrogen) atoms. The van der Waals surface area contributed by atoms with Crippen LogP contribution < -0.4 is 10.6 Å². The maximum atomic E-state index is 13.7. The summed E-state index contributed by atoms with van der Waals surface area (Å²) in [5.41, 5.74) is 6.24. The van der Waals surface area contributed by atoms with Gasteiger partial charge in [-0.25, -0.2) is 4.39 Å². The number of nitrogens with two attached hydrogens (primary N) is 1. The highest BCUT2D eigenvalue weighted by Gasteiger charge is 2.22. The summed E-state index contributed by atoms with van der Waals surface area (Å²) >= 11 is 0. The molecule has 1 aromatic carbocycles. The third-order valence-corrected chi connectivity index (χ3v) is 3.32. The zero-order chi connectivity index (χ0) is 13.8. The molecule has 1 aliphatic rings. The lowest BCUT2D eigenvalue weighted by Crippen LogP contribution is -2.49. The van der Waals surface area contributed by atoms with E-state index in [0.29, 0.717) is 38.3 Å². The fourth-order valence-corrected chi connectivity index (χ4v) is 2.31. The highest BCUT2D eigenvalue weighted by atomic mass is 19.1. The summed E-state index contributed by atoms with van der Waals surface area (Å²) in [5, 5.41) is 0. The summed E-state index contributed by atoms with van der Waals surface area (Å²) < 4.78 is 13.7. The SMILES string of the molecule is CC(N)CC(=O)N1CCN(c2ccccc2F)CC1. The second kappa shape index (κ2) is 6.02. The number of para-hydroxylation sites is 1. The van der Waals surface area contributed by atoms with Crippen molar-refractivity contribution in [3.05, 3.63) is 30.1 Å². The van der Waals surface area contributed by atoms with E-state index in [-0.39, 0.29) is 17.8 Å². The Hall–Kier alpha value is -1.62. The van der Waals surface area contributed by atoms with Crippen LogP contribution in [0, 0.1) is 5.82 Å². The molecule has 5 heteroatoms. The van der Waals surface area contributed by atoms with Crippen molar-refractivity contribution in [3.8, 4) is 0 Å². The first-order valence-corrected chi connectivity index (χ1v) is 6.61. The Kier molecular flexibility index (Phi) is 4.37. The zero-order valence-electron chi connectivity index (χ0n) is 11.2. The first-order valence-electron chi connectivity index (χ1n) is 6.61. The Bertz CT molecular complexity index is 442. The molecular weight excluding hydrogens is 245 g/mol. The minimum atomic E-state index is -0.210. The number of piperazine rings is 1. The molecule has 1 aliphatic heterocycles. The van der Waals surface area contributed by atoms with E-state index >= 15 is 0 Å². The van der Waals surface area contributed by atoms with Gasteiger partial charge >= 0.3 is 0 Å². The molecular formula is C14H20FN3O. The number of hydrogen-bond acceptors (Lipinski definition) is 3. The smallest absolute Gasteiger partial charge is 0.224 e. The van der Waals surface area contributed by atoms with Crippen LogP contribution in [0.5, 0.6) is 0 Å². The van der Waals surface area contributed by atoms with Crippen molar-refractivity contribution in [2.45, 2.75) is 19.4 Å². The predicted molar refractivity (Wildman–Crippen MR) is 73.5 cm³/mol. The predicted octanol–water partition coefficient (Wildman–Crippen LogP) is 1.21. The van der Waals surface area contributed by atoms with Crippen LogP contribution >= 0.6 is 0 Å². The minimum absolute atomic E-state index is 0.0863. The number of hydrogen-bond donors (Lipinski definition) is 1. The number of benzene rings is 1. The van der Waals surface area contributed by atoms with Gasteiger partial charge in [-0.2, -0.15) is 0 Å².